The highest BCUT2D eigenvalue weighted by Crippen LogP contribution is 2.46. The smallest absolute Gasteiger partial charge is 0.116 e. The molecule has 0 amide bonds. The molecule has 0 radical (unpaired) electrons. The molecule has 4 heteroatoms. The van der Waals surface area contributed by atoms with Gasteiger partial charge in [0.05, 0.1) is 11.4 Å². The second-order valence-corrected chi connectivity index (χ2v) is 9.84. The van der Waals surface area contributed by atoms with Gasteiger partial charge in [0.15, 0.2) is 0 Å². The van der Waals surface area contributed by atoms with E-state index in [4.69, 9.17) is 24.4 Å². The van der Waals surface area contributed by atoms with Gasteiger partial charge in [-0.3, -0.25) is 0 Å². The Kier molecular flexibility index (Phi) is 5.63. The average molecular weight is 501 g/mol. The van der Waals surface area contributed by atoms with Crippen molar-refractivity contribution in [3.05, 3.63) is 131 Å². The van der Waals surface area contributed by atoms with E-state index < -0.39 is 0 Å². The fourth-order valence-corrected chi connectivity index (χ4v) is 5.69. The van der Waals surface area contributed by atoms with Crippen LogP contribution in [0.3, 0.4) is 0 Å². The van der Waals surface area contributed by atoms with E-state index in [2.05, 4.69) is 107 Å². The normalized spacial score (nSPS) is 15.3. The summed E-state index contributed by atoms with van der Waals surface area (Å²) in [5.74, 6) is 0. The van der Waals surface area contributed by atoms with Crippen molar-refractivity contribution in [3.8, 4) is 22.3 Å². The van der Waals surface area contributed by atoms with Gasteiger partial charge in [-0.2, -0.15) is 0 Å². The molecule has 2 nitrogen and oxygen atoms in total. The van der Waals surface area contributed by atoms with E-state index in [-0.39, 0.29) is 0 Å². The van der Waals surface area contributed by atoms with Gasteiger partial charge in [0.2, 0.25) is 0 Å². The zero-order chi connectivity index (χ0) is 24.8. The maximum atomic E-state index is 5.98. The van der Waals surface area contributed by atoms with E-state index in [0.29, 0.717) is 0 Å². The molecule has 174 valence electrons. The highest BCUT2D eigenvalue weighted by molar-refractivity contribution is 7.81. The maximum absolute atomic E-state index is 5.98. The Hall–Kier alpha value is -3.86. The fraction of sp³-hybridized carbons (Fsp3) is 0.0625. The van der Waals surface area contributed by atoms with Crippen molar-refractivity contribution in [1.82, 2.24) is 9.80 Å². The second-order valence-electron chi connectivity index (χ2n) is 9.06. The topological polar surface area (TPSA) is 6.48 Å². The SMILES string of the molecule is CN1C(=S)C2=C(c3ccc(-c4ccccc4)cc3)N(C)C(=S)C2=C1c1ccc(-c2ccccc2)cc1. The quantitative estimate of drug-likeness (QED) is 0.265. The third kappa shape index (κ3) is 3.62. The molecule has 36 heavy (non-hydrogen) atoms. The summed E-state index contributed by atoms with van der Waals surface area (Å²) in [5, 5.41) is 0. The third-order valence-electron chi connectivity index (χ3n) is 6.96. The van der Waals surface area contributed by atoms with Crippen LogP contribution in [0.15, 0.2) is 120 Å². The lowest BCUT2D eigenvalue weighted by molar-refractivity contribution is 0.726. The molecule has 0 spiro atoms. The predicted octanol–water partition coefficient (Wildman–Crippen LogP) is 7.69. The number of fused-ring (bicyclic) bond motifs is 1. The Labute approximate surface area is 222 Å². The Bertz CT molecular complexity index is 1430. The molecule has 0 saturated heterocycles. The number of hydrogen-bond acceptors (Lipinski definition) is 2. The van der Waals surface area contributed by atoms with Crippen LogP contribution in [0.25, 0.3) is 33.6 Å². The van der Waals surface area contributed by atoms with Crippen molar-refractivity contribution in [1.29, 1.82) is 0 Å². The summed E-state index contributed by atoms with van der Waals surface area (Å²) in [6.45, 7) is 0. The number of nitrogens with zero attached hydrogens (tertiary/aromatic N) is 2. The summed E-state index contributed by atoms with van der Waals surface area (Å²) >= 11 is 12.0. The van der Waals surface area contributed by atoms with Gasteiger partial charge in [-0.15, -0.1) is 0 Å². The van der Waals surface area contributed by atoms with Crippen LogP contribution in [0.4, 0.5) is 0 Å². The summed E-state index contributed by atoms with van der Waals surface area (Å²) in [5.41, 5.74) is 11.3. The molecular weight excluding hydrogens is 477 g/mol. The third-order valence-corrected chi connectivity index (χ3v) is 7.92. The number of rotatable bonds is 4. The Morgan fingerprint density at radius 2 is 0.667 bits per heavy atom. The van der Waals surface area contributed by atoms with Crippen molar-refractivity contribution in [2.24, 2.45) is 0 Å². The van der Waals surface area contributed by atoms with Crippen LogP contribution in [-0.4, -0.2) is 33.9 Å². The van der Waals surface area contributed by atoms with Crippen molar-refractivity contribution in [3.63, 3.8) is 0 Å². The molecular formula is C32H24N2S2. The van der Waals surface area contributed by atoms with Gasteiger partial charge in [0, 0.05) is 25.2 Å². The monoisotopic (exact) mass is 500 g/mol. The lowest BCUT2D eigenvalue weighted by Crippen LogP contribution is -2.23. The highest BCUT2D eigenvalue weighted by atomic mass is 32.1. The minimum absolute atomic E-state index is 0.806. The van der Waals surface area contributed by atoms with Crippen LogP contribution >= 0.6 is 24.4 Å². The number of likely N-dealkylation sites (N-methyl/N-ethyl adjacent to an activating group) is 2. The molecule has 0 bridgehead atoms. The molecule has 0 unspecified atom stereocenters. The lowest BCUT2D eigenvalue weighted by atomic mass is 9.99. The number of hydrogen-bond donors (Lipinski definition) is 0. The molecule has 0 saturated carbocycles. The van der Waals surface area contributed by atoms with Gasteiger partial charge in [0.1, 0.15) is 9.98 Å². The molecule has 0 fully saturated rings. The first-order valence-electron chi connectivity index (χ1n) is 11.9. The lowest BCUT2D eigenvalue weighted by Gasteiger charge is -2.23. The standard InChI is InChI=1S/C32H24N2S2/c1-33-29(25-17-13-23(14-18-25)21-9-5-3-6-10-21)27-28(31(33)35)30(34(2)32(27)36)26-19-15-24(16-20-26)22-11-7-4-8-12-22/h3-20H,1-2H3. The van der Waals surface area contributed by atoms with E-state index in [1.807, 2.05) is 26.2 Å². The van der Waals surface area contributed by atoms with Crippen molar-refractivity contribution in [2.45, 2.75) is 0 Å². The molecule has 2 heterocycles. The molecule has 0 aromatic heterocycles. The van der Waals surface area contributed by atoms with Crippen molar-refractivity contribution >= 4 is 45.8 Å². The summed E-state index contributed by atoms with van der Waals surface area (Å²) in [7, 11) is 4.08. The van der Waals surface area contributed by atoms with Gasteiger partial charge < -0.3 is 9.80 Å². The average Bonchev–Trinajstić information content (AvgIpc) is 3.34. The minimum Gasteiger partial charge on any atom is -0.334 e. The fourth-order valence-electron chi connectivity index (χ4n) is 5.11. The van der Waals surface area contributed by atoms with Crippen LogP contribution in [0.5, 0.6) is 0 Å². The van der Waals surface area contributed by atoms with E-state index in [0.717, 1.165) is 43.6 Å². The molecule has 4 aromatic rings. The van der Waals surface area contributed by atoms with Crippen LogP contribution in [0.1, 0.15) is 11.1 Å². The zero-order valence-electron chi connectivity index (χ0n) is 20.1. The van der Waals surface area contributed by atoms with Gasteiger partial charge in [-0.1, -0.05) is 134 Å². The summed E-state index contributed by atoms with van der Waals surface area (Å²) in [6.07, 6.45) is 0. The van der Waals surface area contributed by atoms with Crippen LogP contribution in [0, 0.1) is 0 Å². The van der Waals surface area contributed by atoms with Gasteiger partial charge in [-0.25, -0.2) is 0 Å². The number of benzene rings is 4. The maximum Gasteiger partial charge on any atom is 0.116 e. The first-order chi connectivity index (χ1) is 17.5. The van der Waals surface area contributed by atoms with E-state index >= 15 is 0 Å². The van der Waals surface area contributed by atoms with Gasteiger partial charge in [-0.05, 0) is 33.4 Å². The largest absolute Gasteiger partial charge is 0.334 e. The minimum atomic E-state index is 0.806. The van der Waals surface area contributed by atoms with Gasteiger partial charge >= 0.3 is 0 Å². The van der Waals surface area contributed by atoms with Crippen molar-refractivity contribution < 1.29 is 0 Å². The summed E-state index contributed by atoms with van der Waals surface area (Å²) in [4.78, 5) is 5.83. The second kappa shape index (κ2) is 8.98. The molecule has 0 aliphatic carbocycles. The van der Waals surface area contributed by atoms with Crippen LogP contribution in [-0.2, 0) is 0 Å². The molecule has 0 atom stereocenters. The Morgan fingerprint density at radius 3 is 1.00 bits per heavy atom. The molecule has 4 aromatic carbocycles. The summed E-state index contributed by atoms with van der Waals surface area (Å²) < 4.78 is 0. The first kappa shape index (κ1) is 22.6. The van der Waals surface area contributed by atoms with E-state index in [1.165, 1.54) is 22.3 Å². The van der Waals surface area contributed by atoms with Crippen molar-refractivity contribution in [2.75, 3.05) is 14.1 Å². The Balaban J connectivity index is 1.43. The summed E-state index contributed by atoms with van der Waals surface area (Å²) in [6, 6.07) is 38.2. The first-order valence-corrected chi connectivity index (χ1v) is 12.7. The molecule has 2 aliphatic heterocycles. The van der Waals surface area contributed by atoms with Crippen LogP contribution in [0.2, 0.25) is 0 Å². The predicted molar refractivity (Wildman–Crippen MR) is 158 cm³/mol. The van der Waals surface area contributed by atoms with Crippen LogP contribution < -0.4 is 0 Å². The zero-order valence-corrected chi connectivity index (χ0v) is 21.7. The van der Waals surface area contributed by atoms with E-state index in [1.54, 1.807) is 0 Å². The van der Waals surface area contributed by atoms with E-state index in [9.17, 15) is 0 Å². The molecule has 6 rings (SSSR count). The van der Waals surface area contributed by atoms with Gasteiger partial charge in [0.25, 0.3) is 0 Å². The Morgan fingerprint density at radius 1 is 0.389 bits per heavy atom. The number of thiocarbonyl (C=S) groups is 2. The highest BCUT2D eigenvalue weighted by Gasteiger charge is 2.42. The molecule has 2 aliphatic rings. The molecule has 0 N–H and O–H groups in total.